The van der Waals surface area contributed by atoms with E-state index < -0.39 is 0 Å². The van der Waals surface area contributed by atoms with E-state index >= 15 is 0 Å². The Bertz CT molecular complexity index is 630. The number of carbonyl (C=O) groups excluding carboxylic acids is 1. The Morgan fingerprint density at radius 1 is 1.32 bits per heavy atom. The fraction of sp³-hybridized carbons (Fsp3) is 0.737. The summed E-state index contributed by atoms with van der Waals surface area (Å²) in [6.45, 7) is 10.3. The molecule has 0 aliphatic carbocycles. The van der Waals surface area contributed by atoms with Gasteiger partial charge in [-0.05, 0) is 46.7 Å². The van der Waals surface area contributed by atoms with Gasteiger partial charge in [-0.25, -0.2) is 9.78 Å². The van der Waals surface area contributed by atoms with Crippen LogP contribution < -0.4 is 10.6 Å². The predicted octanol–water partition coefficient (Wildman–Crippen LogP) is 3.35. The Labute approximate surface area is 189 Å². The van der Waals surface area contributed by atoms with Crippen LogP contribution in [-0.4, -0.2) is 61.6 Å². The molecule has 1 aromatic heterocycles. The highest BCUT2D eigenvalue weighted by molar-refractivity contribution is 14.0. The highest BCUT2D eigenvalue weighted by atomic mass is 127. The van der Waals surface area contributed by atoms with Crippen LogP contribution in [0.25, 0.3) is 0 Å². The first-order chi connectivity index (χ1) is 13.0. The molecular weight excluding hydrogens is 489 g/mol. The second-order valence-corrected chi connectivity index (χ2v) is 7.84. The fourth-order valence-electron chi connectivity index (χ4n) is 3.14. The van der Waals surface area contributed by atoms with E-state index in [4.69, 9.17) is 4.74 Å². The van der Waals surface area contributed by atoms with E-state index in [1.165, 1.54) is 50.1 Å². The van der Waals surface area contributed by atoms with Crippen molar-refractivity contribution in [3.63, 3.8) is 0 Å². The zero-order valence-corrected chi connectivity index (χ0v) is 20.6. The number of ether oxygens (including phenoxy) is 1. The average Bonchev–Trinajstić information content (AvgIpc) is 2.87. The summed E-state index contributed by atoms with van der Waals surface area (Å²) < 4.78 is 5.09. The SMILES string of the molecule is CCOC(=O)c1sc(C(C)NC(=NC)NCCN2CCCCCC2)nc1C.I. The van der Waals surface area contributed by atoms with Crippen LogP contribution >= 0.6 is 35.3 Å². The highest BCUT2D eigenvalue weighted by Gasteiger charge is 2.20. The van der Waals surface area contributed by atoms with Gasteiger partial charge in [0.05, 0.1) is 18.3 Å². The zero-order valence-electron chi connectivity index (χ0n) is 17.4. The third kappa shape index (κ3) is 7.82. The number of hydrogen-bond donors (Lipinski definition) is 2. The van der Waals surface area contributed by atoms with Crippen LogP contribution in [0.4, 0.5) is 0 Å². The third-order valence-electron chi connectivity index (χ3n) is 4.64. The lowest BCUT2D eigenvalue weighted by molar-refractivity contribution is 0.0531. The molecule has 2 heterocycles. The van der Waals surface area contributed by atoms with E-state index in [1.54, 1.807) is 14.0 Å². The number of aryl methyl sites for hydroxylation is 1. The summed E-state index contributed by atoms with van der Waals surface area (Å²) in [6.07, 6.45) is 5.31. The van der Waals surface area contributed by atoms with E-state index in [0.717, 1.165) is 24.1 Å². The van der Waals surface area contributed by atoms with Crippen molar-refractivity contribution in [2.45, 2.75) is 52.5 Å². The smallest absolute Gasteiger partial charge is 0.350 e. The van der Waals surface area contributed by atoms with Crippen LogP contribution in [0.15, 0.2) is 4.99 Å². The summed E-state index contributed by atoms with van der Waals surface area (Å²) in [5.74, 6) is 0.453. The number of carbonyl (C=O) groups is 1. The number of hydrogen-bond acceptors (Lipinski definition) is 6. The number of guanidine groups is 1. The number of rotatable bonds is 7. The van der Waals surface area contributed by atoms with Crippen LogP contribution in [0, 0.1) is 6.92 Å². The molecule has 0 bridgehead atoms. The predicted molar refractivity (Wildman–Crippen MR) is 126 cm³/mol. The van der Waals surface area contributed by atoms with Crippen LogP contribution in [0.1, 0.15) is 65.9 Å². The Balaban J connectivity index is 0.00000392. The number of nitrogens with zero attached hydrogens (tertiary/aromatic N) is 3. The van der Waals surface area contributed by atoms with Crippen molar-refractivity contribution in [2.75, 3.05) is 39.8 Å². The molecule has 28 heavy (non-hydrogen) atoms. The molecular formula is C19H34IN5O2S. The topological polar surface area (TPSA) is 78.8 Å². The lowest BCUT2D eigenvalue weighted by Gasteiger charge is -2.21. The number of aliphatic imine (C=N–C) groups is 1. The molecule has 0 aromatic carbocycles. The van der Waals surface area contributed by atoms with Gasteiger partial charge < -0.3 is 20.3 Å². The van der Waals surface area contributed by atoms with E-state index in [-0.39, 0.29) is 36.0 Å². The van der Waals surface area contributed by atoms with Gasteiger partial charge >= 0.3 is 5.97 Å². The van der Waals surface area contributed by atoms with Gasteiger partial charge in [0.25, 0.3) is 0 Å². The van der Waals surface area contributed by atoms with Gasteiger partial charge in [0, 0.05) is 20.1 Å². The number of thiazole rings is 1. The number of nitrogens with one attached hydrogen (secondary N) is 2. The zero-order chi connectivity index (χ0) is 19.6. The summed E-state index contributed by atoms with van der Waals surface area (Å²) >= 11 is 1.38. The standard InChI is InChI=1S/C19H33N5O2S.HI/c1-5-26-18(25)16-14(2)22-17(27-16)15(3)23-19(20-4)21-10-13-24-11-8-6-7-9-12-24;/h15H,5-13H2,1-4H3,(H2,20,21,23);1H. The minimum Gasteiger partial charge on any atom is -0.462 e. The van der Waals surface area contributed by atoms with Crippen molar-refractivity contribution >= 4 is 47.2 Å². The Morgan fingerprint density at radius 3 is 2.61 bits per heavy atom. The molecule has 1 fully saturated rings. The molecule has 1 unspecified atom stereocenters. The third-order valence-corrected chi connectivity index (χ3v) is 5.96. The van der Waals surface area contributed by atoms with Crippen molar-refractivity contribution in [3.8, 4) is 0 Å². The molecule has 9 heteroatoms. The number of aromatic nitrogens is 1. The second-order valence-electron chi connectivity index (χ2n) is 6.81. The van der Waals surface area contributed by atoms with Gasteiger partial charge in [-0.15, -0.1) is 35.3 Å². The molecule has 2 N–H and O–H groups in total. The molecule has 1 aliphatic rings. The molecule has 160 valence electrons. The first-order valence-corrected chi connectivity index (χ1v) is 10.7. The minimum atomic E-state index is -0.300. The molecule has 0 amide bonds. The molecule has 0 saturated carbocycles. The quantitative estimate of drug-likeness (QED) is 0.247. The maximum absolute atomic E-state index is 12.0. The summed E-state index contributed by atoms with van der Waals surface area (Å²) in [7, 11) is 1.77. The van der Waals surface area contributed by atoms with Crippen LogP contribution in [-0.2, 0) is 4.74 Å². The summed E-state index contributed by atoms with van der Waals surface area (Å²) in [4.78, 5) is 23.9. The van der Waals surface area contributed by atoms with Gasteiger partial charge in [0.15, 0.2) is 5.96 Å². The maximum atomic E-state index is 12.0. The number of likely N-dealkylation sites (tertiary alicyclic amines) is 1. The highest BCUT2D eigenvalue weighted by Crippen LogP contribution is 2.24. The van der Waals surface area contributed by atoms with Crippen molar-refractivity contribution in [1.82, 2.24) is 20.5 Å². The first kappa shape index (κ1) is 25.1. The summed E-state index contributed by atoms with van der Waals surface area (Å²) in [5.41, 5.74) is 0.714. The molecule has 2 rings (SSSR count). The lowest BCUT2D eigenvalue weighted by atomic mass is 10.2. The van der Waals surface area contributed by atoms with Crippen LogP contribution in [0.3, 0.4) is 0 Å². The normalized spacial score (nSPS) is 16.6. The Morgan fingerprint density at radius 2 is 2.00 bits per heavy atom. The second kappa shape index (κ2) is 13.3. The molecule has 1 saturated heterocycles. The maximum Gasteiger partial charge on any atom is 0.350 e. The van der Waals surface area contributed by atoms with Crippen LogP contribution in [0.5, 0.6) is 0 Å². The van der Waals surface area contributed by atoms with E-state index in [9.17, 15) is 4.79 Å². The van der Waals surface area contributed by atoms with Gasteiger partial charge in [-0.2, -0.15) is 0 Å². The largest absolute Gasteiger partial charge is 0.462 e. The van der Waals surface area contributed by atoms with E-state index in [1.807, 2.05) is 13.8 Å². The number of esters is 1. The van der Waals surface area contributed by atoms with Gasteiger partial charge in [0.2, 0.25) is 0 Å². The molecule has 1 atom stereocenters. The van der Waals surface area contributed by atoms with Crippen molar-refractivity contribution in [2.24, 2.45) is 4.99 Å². The molecule has 0 spiro atoms. The van der Waals surface area contributed by atoms with Gasteiger partial charge in [0.1, 0.15) is 9.88 Å². The fourth-order valence-corrected chi connectivity index (χ4v) is 4.11. The monoisotopic (exact) mass is 523 g/mol. The Hall–Kier alpha value is -0.940. The minimum absolute atomic E-state index is 0. The lowest BCUT2D eigenvalue weighted by Crippen LogP contribution is -2.42. The van der Waals surface area contributed by atoms with E-state index in [2.05, 4.69) is 25.5 Å². The molecule has 7 nitrogen and oxygen atoms in total. The van der Waals surface area contributed by atoms with Crippen molar-refractivity contribution < 1.29 is 9.53 Å². The van der Waals surface area contributed by atoms with Crippen LogP contribution in [0.2, 0.25) is 0 Å². The Kier molecular flexibility index (Phi) is 11.9. The van der Waals surface area contributed by atoms with Gasteiger partial charge in [-0.3, -0.25) is 4.99 Å². The first-order valence-electron chi connectivity index (χ1n) is 9.89. The summed E-state index contributed by atoms with van der Waals surface area (Å²) in [5, 5.41) is 7.60. The summed E-state index contributed by atoms with van der Waals surface area (Å²) in [6, 6.07) is -0.0405. The van der Waals surface area contributed by atoms with Gasteiger partial charge in [-0.1, -0.05) is 12.8 Å². The molecule has 1 aromatic rings. The average molecular weight is 523 g/mol. The molecule has 0 radical (unpaired) electrons. The van der Waals surface area contributed by atoms with Crippen molar-refractivity contribution in [1.29, 1.82) is 0 Å². The molecule has 1 aliphatic heterocycles. The van der Waals surface area contributed by atoms with Crippen molar-refractivity contribution in [3.05, 3.63) is 15.6 Å². The van der Waals surface area contributed by atoms with E-state index in [0.29, 0.717) is 17.2 Å². The number of halogens is 1.